The third-order valence-corrected chi connectivity index (χ3v) is 1.05. The summed E-state index contributed by atoms with van der Waals surface area (Å²) >= 11 is 5.27. The second-order valence-electron chi connectivity index (χ2n) is 1.70. The van der Waals surface area contributed by atoms with Gasteiger partial charge in [-0.25, -0.2) is 8.78 Å². The van der Waals surface area contributed by atoms with Crippen molar-refractivity contribution >= 4 is 19.3 Å². The first-order valence-electron chi connectivity index (χ1n) is 2.82. The molecule has 1 aromatic carbocycles. The molecule has 0 atom stereocenters. The van der Waals surface area contributed by atoms with Gasteiger partial charge in [-0.3, -0.25) is 0 Å². The van der Waals surface area contributed by atoms with Gasteiger partial charge in [0.25, 0.3) is 0 Å². The fourth-order valence-corrected chi connectivity index (χ4v) is 0.729. The molecule has 0 unspecified atom stereocenters. The van der Waals surface area contributed by atoms with Crippen LogP contribution in [0.25, 0.3) is 0 Å². The van der Waals surface area contributed by atoms with Crippen molar-refractivity contribution in [3.05, 3.63) is 34.9 Å². The van der Waals surface area contributed by atoms with Gasteiger partial charge in [0.1, 0.15) is 11.6 Å². The van der Waals surface area contributed by atoms with Crippen LogP contribution < -0.4 is 0 Å². The largest absolute Gasteiger partial charge is 0.482 e. The molecule has 0 heterocycles. The molecule has 0 aliphatic heterocycles. The second kappa shape index (κ2) is 5.94. The Morgan fingerprint density at radius 2 is 1.42 bits per heavy atom. The van der Waals surface area contributed by atoms with E-state index in [-0.39, 0.29) is 12.7 Å². The Balaban J connectivity index is 0.000000354. The summed E-state index contributed by atoms with van der Waals surface area (Å²) in [7, 11) is 0. The van der Waals surface area contributed by atoms with Gasteiger partial charge in [0.15, 0.2) is 0 Å². The van der Waals surface area contributed by atoms with Crippen LogP contribution in [-0.2, 0) is 0 Å². The van der Waals surface area contributed by atoms with Crippen molar-refractivity contribution in [3.63, 3.8) is 0 Å². The minimum Gasteiger partial charge on any atom is -0.429 e. The van der Waals surface area contributed by atoms with Gasteiger partial charge in [0.05, 0.1) is 0 Å². The number of halogens is 3. The van der Waals surface area contributed by atoms with Crippen LogP contribution in [-0.4, -0.2) is 17.7 Å². The maximum atomic E-state index is 12.1. The molecule has 0 saturated carbocycles. The molecule has 65 valence electrons. The highest BCUT2D eigenvalue weighted by molar-refractivity contribution is 6.30. The van der Waals surface area contributed by atoms with Crippen molar-refractivity contribution in [1.29, 1.82) is 0 Å². The molecular weight excluding hydrogens is 188 g/mol. The molecule has 0 saturated heterocycles. The van der Waals surface area contributed by atoms with E-state index in [1.807, 2.05) is 0 Å². The van der Waals surface area contributed by atoms with Gasteiger partial charge in [0, 0.05) is 11.1 Å². The zero-order valence-corrected chi connectivity index (χ0v) is 6.59. The monoisotopic (exact) mass is 193 g/mol. The highest BCUT2D eigenvalue weighted by Gasteiger charge is 1.95. The lowest BCUT2D eigenvalue weighted by Crippen LogP contribution is -1.76. The van der Waals surface area contributed by atoms with E-state index in [9.17, 15) is 8.78 Å². The van der Waals surface area contributed by atoms with E-state index >= 15 is 0 Å². The van der Waals surface area contributed by atoms with Crippen LogP contribution in [0.2, 0.25) is 5.02 Å². The van der Waals surface area contributed by atoms with E-state index in [0.717, 1.165) is 18.2 Å². The second-order valence-corrected chi connectivity index (χ2v) is 2.14. The molecule has 0 aromatic heterocycles. The number of benzene rings is 1. The van der Waals surface area contributed by atoms with Gasteiger partial charge in [-0.1, -0.05) is 11.6 Å². The topological polar surface area (TPSA) is 40.5 Å². The third kappa shape index (κ3) is 5.06. The van der Waals surface area contributed by atoms with Crippen molar-refractivity contribution < 1.29 is 18.8 Å². The van der Waals surface area contributed by atoms with Crippen LogP contribution in [0.4, 0.5) is 8.78 Å². The molecule has 12 heavy (non-hydrogen) atoms. The van der Waals surface area contributed by atoms with Crippen molar-refractivity contribution in [2.45, 2.75) is 0 Å². The standard InChI is InChI=1S/C6H3ClF2.BH2O2/c7-4-1-5(8)3-6(9)2-4;2-1-3/h1-3H;2-3H. The molecule has 2 N–H and O–H groups in total. The highest BCUT2D eigenvalue weighted by Crippen LogP contribution is 2.11. The van der Waals surface area contributed by atoms with Crippen LogP contribution in [0.1, 0.15) is 0 Å². The van der Waals surface area contributed by atoms with Crippen LogP contribution in [0, 0.1) is 11.6 Å². The summed E-state index contributed by atoms with van der Waals surface area (Å²) in [6, 6.07) is 2.86. The van der Waals surface area contributed by atoms with Crippen LogP contribution in [0.15, 0.2) is 18.2 Å². The van der Waals surface area contributed by atoms with Gasteiger partial charge < -0.3 is 10.0 Å². The molecule has 0 fully saturated rings. The minimum absolute atomic E-state index is 0. The molecule has 6 heteroatoms. The average Bonchev–Trinajstić information content (AvgIpc) is 1.84. The molecule has 0 amide bonds. The van der Waals surface area contributed by atoms with Gasteiger partial charge in [-0.2, -0.15) is 0 Å². The third-order valence-electron chi connectivity index (χ3n) is 0.827. The van der Waals surface area contributed by atoms with Crippen molar-refractivity contribution in [3.8, 4) is 0 Å². The summed E-state index contributed by atoms with van der Waals surface area (Å²) in [5.41, 5.74) is 0. The van der Waals surface area contributed by atoms with Crippen LogP contribution in [0.3, 0.4) is 0 Å². The SMILES string of the molecule is Fc1cc(F)cc(Cl)c1.O[B]O. The first-order chi connectivity index (χ1) is 5.60. The first-order valence-corrected chi connectivity index (χ1v) is 3.19. The highest BCUT2D eigenvalue weighted by atomic mass is 35.5. The molecule has 2 nitrogen and oxygen atoms in total. The van der Waals surface area contributed by atoms with Gasteiger partial charge >= 0.3 is 7.69 Å². The summed E-state index contributed by atoms with van der Waals surface area (Å²) in [4.78, 5) is 0. The van der Waals surface area contributed by atoms with Crippen molar-refractivity contribution in [2.75, 3.05) is 0 Å². The van der Waals surface area contributed by atoms with Gasteiger partial charge in [-0.05, 0) is 12.1 Å². The summed E-state index contributed by atoms with van der Waals surface area (Å²) < 4.78 is 24.2. The van der Waals surface area contributed by atoms with Crippen LogP contribution in [0.5, 0.6) is 0 Å². The first kappa shape index (κ1) is 11.4. The number of rotatable bonds is 0. The van der Waals surface area contributed by atoms with Crippen LogP contribution >= 0.6 is 11.6 Å². The smallest absolute Gasteiger partial charge is 0.429 e. The maximum absolute atomic E-state index is 12.1. The lowest BCUT2D eigenvalue weighted by Gasteiger charge is -1.89. The predicted molar refractivity (Wildman–Crippen MR) is 41.6 cm³/mol. The molecular formula is C6H5BClF2O2. The molecule has 0 bridgehead atoms. The summed E-state index contributed by atoms with van der Waals surface area (Å²) in [6.07, 6.45) is 0. The quantitative estimate of drug-likeness (QED) is 0.606. The summed E-state index contributed by atoms with van der Waals surface area (Å²) in [6.45, 7) is 0. The Morgan fingerprint density at radius 1 is 1.08 bits per heavy atom. The number of hydrogen-bond donors (Lipinski definition) is 2. The molecule has 0 aliphatic rings. The van der Waals surface area contributed by atoms with Gasteiger partial charge in [0.2, 0.25) is 0 Å². The lowest BCUT2D eigenvalue weighted by atomic mass is 10.3. The zero-order valence-electron chi connectivity index (χ0n) is 5.84. The normalized spacial score (nSPS) is 8.42. The minimum atomic E-state index is -0.653. The molecule has 0 aliphatic carbocycles. The van der Waals surface area contributed by atoms with E-state index in [1.54, 1.807) is 0 Å². The molecule has 1 radical (unpaired) electrons. The Bertz CT molecular complexity index is 197. The fraction of sp³-hybridized carbons (Fsp3) is 0. The Morgan fingerprint density at radius 3 is 1.67 bits per heavy atom. The fourth-order valence-electron chi connectivity index (χ4n) is 0.520. The molecule has 1 rings (SSSR count). The van der Waals surface area contributed by atoms with E-state index in [1.165, 1.54) is 0 Å². The number of hydrogen-bond acceptors (Lipinski definition) is 2. The Labute approximate surface area is 73.7 Å². The van der Waals surface area contributed by atoms with Gasteiger partial charge in [-0.15, -0.1) is 0 Å². The van der Waals surface area contributed by atoms with E-state index in [4.69, 9.17) is 21.6 Å². The predicted octanol–water partition coefficient (Wildman–Crippen LogP) is 1.12. The Hall–Kier alpha value is -0.645. The average molecular weight is 193 g/mol. The maximum Gasteiger partial charge on any atom is 0.482 e. The van der Waals surface area contributed by atoms with E-state index in [2.05, 4.69) is 0 Å². The summed E-state index contributed by atoms with van der Waals surface area (Å²) in [5.74, 6) is -1.31. The molecule has 0 spiro atoms. The molecule has 1 aromatic rings. The summed E-state index contributed by atoms with van der Waals surface area (Å²) in [5, 5.41) is 14.1. The lowest BCUT2D eigenvalue weighted by molar-refractivity contribution is 0.448. The zero-order chi connectivity index (χ0) is 9.56. The van der Waals surface area contributed by atoms with E-state index < -0.39 is 11.6 Å². The van der Waals surface area contributed by atoms with Crippen molar-refractivity contribution in [1.82, 2.24) is 0 Å². The van der Waals surface area contributed by atoms with E-state index in [0.29, 0.717) is 0 Å². The Kier molecular flexibility index (Phi) is 5.62. The van der Waals surface area contributed by atoms with Crippen molar-refractivity contribution in [2.24, 2.45) is 0 Å².